The minimum absolute atomic E-state index is 0.686. The fourth-order valence-corrected chi connectivity index (χ4v) is 1.87. The summed E-state index contributed by atoms with van der Waals surface area (Å²) in [4.78, 5) is 20.4. The van der Waals surface area contributed by atoms with Gasteiger partial charge in [0.05, 0.1) is 0 Å². The minimum Gasteiger partial charge on any atom is -0.492 e. The predicted octanol–water partition coefficient (Wildman–Crippen LogP) is 2.51. The second-order valence-corrected chi connectivity index (χ2v) is 5.06. The summed E-state index contributed by atoms with van der Waals surface area (Å²) in [7, 11) is 0. The van der Waals surface area contributed by atoms with Gasteiger partial charge in [0.1, 0.15) is 12.4 Å². The van der Waals surface area contributed by atoms with Crippen molar-refractivity contribution in [3.8, 4) is 5.75 Å². The number of carboxylic acids is 2. The van der Waals surface area contributed by atoms with Gasteiger partial charge in [-0.05, 0) is 25.5 Å². The van der Waals surface area contributed by atoms with E-state index in [1.165, 1.54) is 11.1 Å². The highest BCUT2D eigenvalue weighted by Crippen LogP contribution is 2.18. The van der Waals surface area contributed by atoms with Crippen molar-refractivity contribution in [1.29, 1.82) is 0 Å². The van der Waals surface area contributed by atoms with Gasteiger partial charge >= 0.3 is 11.9 Å². The molecule has 132 valence electrons. The zero-order chi connectivity index (χ0) is 18.5. The maximum atomic E-state index is 9.10. The summed E-state index contributed by atoms with van der Waals surface area (Å²) >= 11 is 0. The van der Waals surface area contributed by atoms with E-state index in [1.54, 1.807) is 0 Å². The number of aliphatic carboxylic acids is 2. The van der Waals surface area contributed by atoms with E-state index in [9.17, 15) is 0 Å². The molecular weight excluding hydrogens is 310 g/mol. The number of carboxylic acid groups (broad SMARTS) is 2. The fraction of sp³-hybridized carbons (Fsp3) is 0.333. The summed E-state index contributed by atoms with van der Waals surface area (Å²) in [5.41, 5.74) is 2.45. The number of hydrogen-bond acceptors (Lipinski definition) is 4. The Balaban J connectivity index is 0.000000754. The Kier molecular flexibility index (Phi) is 10.6. The van der Waals surface area contributed by atoms with Crippen molar-refractivity contribution in [3.63, 3.8) is 0 Å². The second-order valence-electron chi connectivity index (χ2n) is 5.06. The summed E-state index contributed by atoms with van der Waals surface area (Å²) < 4.78 is 5.80. The maximum absolute atomic E-state index is 9.10. The van der Waals surface area contributed by atoms with Crippen LogP contribution in [0.1, 0.15) is 11.1 Å². The Labute approximate surface area is 142 Å². The molecule has 0 radical (unpaired) electrons. The summed E-state index contributed by atoms with van der Waals surface area (Å²) in [6.45, 7) is 15.0. The van der Waals surface area contributed by atoms with E-state index >= 15 is 0 Å². The number of ether oxygens (including phenoxy) is 1. The molecular formula is C18H25NO5. The van der Waals surface area contributed by atoms with E-state index in [-0.39, 0.29) is 0 Å². The third-order valence-electron chi connectivity index (χ3n) is 2.95. The second kappa shape index (κ2) is 11.9. The topological polar surface area (TPSA) is 87.1 Å². The van der Waals surface area contributed by atoms with E-state index in [4.69, 9.17) is 24.5 Å². The summed E-state index contributed by atoms with van der Waals surface area (Å²) in [5, 5.41) is 14.8. The predicted molar refractivity (Wildman–Crippen MR) is 93.5 cm³/mol. The van der Waals surface area contributed by atoms with Crippen LogP contribution in [-0.2, 0) is 9.59 Å². The molecule has 1 rings (SSSR count). The Morgan fingerprint density at radius 1 is 1.12 bits per heavy atom. The number of benzene rings is 1. The van der Waals surface area contributed by atoms with Crippen LogP contribution in [0.4, 0.5) is 0 Å². The van der Waals surface area contributed by atoms with Crippen LogP contribution in [0.5, 0.6) is 5.75 Å². The van der Waals surface area contributed by atoms with Crippen molar-refractivity contribution in [3.05, 3.63) is 54.6 Å². The van der Waals surface area contributed by atoms with Crippen LogP contribution in [0.15, 0.2) is 43.5 Å². The zero-order valence-electron chi connectivity index (χ0n) is 14.2. The van der Waals surface area contributed by atoms with Gasteiger partial charge in [0.2, 0.25) is 0 Å². The monoisotopic (exact) mass is 335 g/mol. The average Bonchev–Trinajstić information content (AvgIpc) is 2.50. The van der Waals surface area contributed by atoms with Crippen molar-refractivity contribution < 1.29 is 24.5 Å². The van der Waals surface area contributed by atoms with Crippen LogP contribution >= 0.6 is 0 Å². The maximum Gasteiger partial charge on any atom is 0.414 e. The highest BCUT2D eigenvalue weighted by Gasteiger charge is 2.04. The SMILES string of the molecule is C=CCN(CC=C)CCOc1ccc(C)cc1C.O=C(O)C(=O)O. The molecule has 0 aliphatic carbocycles. The lowest BCUT2D eigenvalue weighted by atomic mass is 10.1. The largest absolute Gasteiger partial charge is 0.492 e. The molecule has 0 heterocycles. The molecule has 0 aliphatic heterocycles. The molecule has 24 heavy (non-hydrogen) atoms. The van der Waals surface area contributed by atoms with E-state index in [2.05, 4.69) is 44.0 Å². The number of nitrogens with zero attached hydrogens (tertiary/aromatic N) is 1. The van der Waals surface area contributed by atoms with Gasteiger partial charge in [-0.3, -0.25) is 4.90 Å². The van der Waals surface area contributed by atoms with Crippen molar-refractivity contribution in [1.82, 2.24) is 4.90 Å². The molecule has 1 aromatic carbocycles. The molecule has 0 fully saturated rings. The first-order valence-corrected chi connectivity index (χ1v) is 7.42. The van der Waals surface area contributed by atoms with Crippen molar-refractivity contribution in [2.75, 3.05) is 26.2 Å². The molecule has 0 unspecified atom stereocenters. The molecule has 0 atom stereocenters. The third-order valence-corrected chi connectivity index (χ3v) is 2.95. The van der Waals surface area contributed by atoms with Gasteiger partial charge in [-0.2, -0.15) is 0 Å². The van der Waals surface area contributed by atoms with Crippen LogP contribution in [0.3, 0.4) is 0 Å². The molecule has 1 aromatic rings. The molecule has 0 bridgehead atoms. The fourth-order valence-electron chi connectivity index (χ4n) is 1.87. The summed E-state index contributed by atoms with van der Waals surface area (Å²) in [6.07, 6.45) is 3.81. The lowest BCUT2D eigenvalue weighted by Crippen LogP contribution is -2.28. The van der Waals surface area contributed by atoms with Crippen LogP contribution in [0, 0.1) is 13.8 Å². The van der Waals surface area contributed by atoms with Crippen molar-refractivity contribution >= 4 is 11.9 Å². The van der Waals surface area contributed by atoms with Gasteiger partial charge in [-0.25, -0.2) is 9.59 Å². The van der Waals surface area contributed by atoms with Crippen LogP contribution in [0.25, 0.3) is 0 Å². The number of aryl methyl sites for hydroxylation is 2. The molecule has 2 N–H and O–H groups in total. The van der Waals surface area contributed by atoms with Gasteiger partial charge in [-0.1, -0.05) is 29.8 Å². The molecule has 0 aliphatic rings. The van der Waals surface area contributed by atoms with E-state index in [1.807, 2.05) is 18.2 Å². The summed E-state index contributed by atoms with van der Waals surface area (Å²) in [5.74, 6) is -2.68. The van der Waals surface area contributed by atoms with Gasteiger partial charge < -0.3 is 14.9 Å². The van der Waals surface area contributed by atoms with E-state index < -0.39 is 11.9 Å². The standard InChI is InChI=1S/C16H23NO.C2H2O4/c1-5-9-17(10-6-2)11-12-18-16-8-7-14(3)13-15(16)4;3-1(4)2(5)6/h5-8,13H,1-2,9-12H2,3-4H3;(H,3,4)(H,5,6). The Morgan fingerprint density at radius 3 is 2.08 bits per heavy atom. The first-order valence-electron chi connectivity index (χ1n) is 7.42. The van der Waals surface area contributed by atoms with E-state index in [0.717, 1.165) is 25.4 Å². The lowest BCUT2D eigenvalue weighted by molar-refractivity contribution is -0.159. The molecule has 6 heteroatoms. The first kappa shape index (κ1) is 21.4. The van der Waals surface area contributed by atoms with Gasteiger partial charge in [0, 0.05) is 19.6 Å². The normalized spacial score (nSPS) is 9.62. The Bertz CT molecular complexity index is 547. The Hall–Kier alpha value is -2.60. The smallest absolute Gasteiger partial charge is 0.414 e. The van der Waals surface area contributed by atoms with Crippen molar-refractivity contribution in [2.24, 2.45) is 0 Å². The average molecular weight is 335 g/mol. The molecule has 6 nitrogen and oxygen atoms in total. The van der Waals surface area contributed by atoms with Gasteiger partial charge in [0.15, 0.2) is 0 Å². The number of carbonyl (C=O) groups is 2. The van der Waals surface area contributed by atoms with Crippen molar-refractivity contribution in [2.45, 2.75) is 13.8 Å². The zero-order valence-corrected chi connectivity index (χ0v) is 14.2. The quantitative estimate of drug-likeness (QED) is 0.561. The van der Waals surface area contributed by atoms with Gasteiger partial charge in [-0.15, -0.1) is 13.2 Å². The minimum atomic E-state index is -1.82. The van der Waals surface area contributed by atoms with Crippen LogP contribution < -0.4 is 4.74 Å². The molecule has 0 aromatic heterocycles. The number of hydrogen-bond donors (Lipinski definition) is 2. The van der Waals surface area contributed by atoms with Crippen LogP contribution in [0.2, 0.25) is 0 Å². The lowest BCUT2D eigenvalue weighted by Gasteiger charge is -2.19. The van der Waals surface area contributed by atoms with Crippen LogP contribution in [-0.4, -0.2) is 53.3 Å². The molecule has 0 amide bonds. The highest BCUT2D eigenvalue weighted by atomic mass is 16.5. The van der Waals surface area contributed by atoms with Gasteiger partial charge in [0.25, 0.3) is 0 Å². The number of rotatable bonds is 8. The first-order chi connectivity index (χ1) is 11.3. The molecule has 0 spiro atoms. The molecule has 0 saturated carbocycles. The Morgan fingerprint density at radius 2 is 1.67 bits per heavy atom. The molecule has 0 saturated heterocycles. The highest BCUT2D eigenvalue weighted by molar-refractivity contribution is 6.27. The third kappa shape index (κ3) is 9.42. The summed E-state index contributed by atoms with van der Waals surface area (Å²) in [6, 6.07) is 6.25. The van der Waals surface area contributed by atoms with E-state index in [0.29, 0.717) is 6.61 Å².